The van der Waals surface area contributed by atoms with Crippen molar-refractivity contribution >= 4 is 0 Å². The van der Waals surface area contributed by atoms with Crippen LogP contribution in [-0.4, -0.2) is 62.6 Å². The first kappa shape index (κ1) is 26.7. The fraction of sp³-hybridized carbons (Fsp3) is 1.00. The van der Waals surface area contributed by atoms with Crippen LogP contribution in [0.2, 0.25) is 0 Å². The van der Waals surface area contributed by atoms with Gasteiger partial charge in [-0.3, -0.25) is 0 Å². The number of methoxy groups -OCH3 is 3. The van der Waals surface area contributed by atoms with Crippen molar-refractivity contribution in [3.8, 4) is 0 Å². The molecule has 0 aliphatic heterocycles. The first-order valence-corrected chi connectivity index (χ1v) is 8.05. The lowest BCUT2D eigenvalue weighted by Crippen LogP contribution is -2.38. The maximum absolute atomic E-state index is 9.15. The molecule has 0 fully saturated rings. The van der Waals surface area contributed by atoms with Crippen LogP contribution in [0.4, 0.5) is 0 Å². The Bertz CT molecular complexity index is 201. The summed E-state index contributed by atoms with van der Waals surface area (Å²) < 4.78 is 14.6. The molecule has 4 unspecified atom stereocenters. The number of aliphatic hydroxyl groups excluding tert-OH is 2. The zero-order valence-electron chi connectivity index (χ0n) is 16.2. The van der Waals surface area contributed by atoms with Gasteiger partial charge >= 0.3 is 0 Å². The summed E-state index contributed by atoms with van der Waals surface area (Å²) in [6, 6.07) is 0. The van der Waals surface area contributed by atoms with Crippen LogP contribution in [0.5, 0.6) is 0 Å². The minimum absolute atomic E-state index is 0.250. The molecule has 0 saturated heterocycles. The SMILES string of the molecule is CCC(C)(OC)C(C)O.CCCOC.COCC(C)C(C)O. The molecule has 0 heterocycles. The quantitative estimate of drug-likeness (QED) is 0.718. The summed E-state index contributed by atoms with van der Waals surface area (Å²) in [5.74, 6) is 0.250. The zero-order chi connectivity index (χ0) is 18.2. The number of ether oxygens (including phenoxy) is 3. The van der Waals surface area contributed by atoms with Crippen molar-refractivity contribution in [2.24, 2.45) is 5.92 Å². The molecule has 0 aliphatic carbocycles. The van der Waals surface area contributed by atoms with Crippen molar-refractivity contribution in [3.63, 3.8) is 0 Å². The van der Waals surface area contributed by atoms with Gasteiger partial charge in [-0.05, 0) is 33.6 Å². The van der Waals surface area contributed by atoms with E-state index in [-0.39, 0.29) is 17.6 Å². The molecule has 2 N–H and O–H groups in total. The van der Waals surface area contributed by atoms with Gasteiger partial charge in [0.25, 0.3) is 0 Å². The second-order valence-electron chi connectivity index (χ2n) is 5.71. The molecule has 0 radical (unpaired) electrons. The maximum Gasteiger partial charge on any atom is 0.0903 e. The molecule has 0 amide bonds. The molecule has 0 bridgehead atoms. The van der Waals surface area contributed by atoms with E-state index in [1.807, 2.05) is 20.8 Å². The smallest absolute Gasteiger partial charge is 0.0903 e. The number of hydrogen-bond donors (Lipinski definition) is 2. The monoisotopic (exact) mass is 324 g/mol. The summed E-state index contributed by atoms with van der Waals surface area (Å²) >= 11 is 0. The van der Waals surface area contributed by atoms with Crippen LogP contribution in [0.1, 0.15) is 54.4 Å². The molecule has 0 saturated carbocycles. The minimum atomic E-state index is -0.396. The molecule has 0 aromatic rings. The van der Waals surface area contributed by atoms with E-state index in [0.29, 0.717) is 6.61 Å². The second-order valence-corrected chi connectivity index (χ2v) is 5.71. The van der Waals surface area contributed by atoms with E-state index in [2.05, 4.69) is 6.92 Å². The highest BCUT2D eigenvalue weighted by Crippen LogP contribution is 2.17. The minimum Gasteiger partial charge on any atom is -0.393 e. The highest BCUT2D eigenvalue weighted by atomic mass is 16.5. The molecule has 4 atom stereocenters. The van der Waals surface area contributed by atoms with E-state index in [9.17, 15) is 0 Å². The average molecular weight is 325 g/mol. The van der Waals surface area contributed by atoms with Crippen LogP contribution in [0.3, 0.4) is 0 Å². The largest absolute Gasteiger partial charge is 0.393 e. The van der Waals surface area contributed by atoms with Gasteiger partial charge in [-0.15, -0.1) is 0 Å². The van der Waals surface area contributed by atoms with Crippen LogP contribution < -0.4 is 0 Å². The number of aliphatic hydroxyl groups is 2. The molecule has 0 aromatic carbocycles. The topological polar surface area (TPSA) is 68.2 Å². The Hall–Kier alpha value is -0.200. The molecular formula is C17H40O5. The van der Waals surface area contributed by atoms with Gasteiger partial charge in [0, 0.05) is 33.9 Å². The normalized spacial score (nSPS) is 17.0. The van der Waals surface area contributed by atoms with Gasteiger partial charge in [0.15, 0.2) is 0 Å². The molecule has 5 heteroatoms. The van der Waals surface area contributed by atoms with Crippen LogP contribution >= 0.6 is 0 Å². The van der Waals surface area contributed by atoms with Crippen molar-refractivity contribution in [1.29, 1.82) is 0 Å². The standard InChI is InChI=1S/C7H16O2.C6H14O2.C4H10O/c1-5-7(3,9-4)6(2)8;1-5(4-8-3)6(2)7;1-3-4-5-2/h6,8H,5H2,1-4H3;5-7H,4H2,1-3H3;3-4H2,1-2H3. The summed E-state index contributed by atoms with van der Waals surface area (Å²) in [6.07, 6.45) is 1.31. The third-order valence-electron chi connectivity index (χ3n) is 3.71. The number of hydrogen-bond acceptors (Lipinski definition) is 5. The van der Waals surface area contributed by atoms with Crippen molar-refractivity contribution in [2.45, 2.75) is 72.2 Å². The molecule has 0 aromatic heterocycles. The summed E-state index contributed by atoms with van der Waals surface area (Å²) in [5.41, 5.74) is -0.361. The van der Waals surface area contributed by atoms with Crippen LogP contribution in [0, 0.1) is 5.92 Å². The van der Waals surface area contributed by atoms with Gasteiger partial charge in [0.05, 0.1) is 24.4 Å². The molecule has 22 heavy (non-hydrogen) atoms. The van der Waals surface area contributed by atoms with E-state index in [0.717, 1.165) is 19.4 Å². The Kier molecular flexibility index (Phi) is 20.8. The Morgan fingerprint density at radius 1 is 0.955 bits per heavy atom. The van der Waals surface area contributed by atoms with Gasteiger partial charge < -0.3 is 24.4 Å². The summed E-state index contributed by atoms with van der Waals surface area (Å²) in [5, 5.41) is 18.0. The van der Waals surface area contributed by atoms with E-state index in [4.69, 9.17) is 24.4 Å². The summed E-state index contributed by atoms with van der Waals surface area (Å²) in [7, 11) is 4.97. The van der Waals surface area contributed by atoms with E-state index in [1.165, 1.54) is 0 Å². The van der Waals surface area contributed by atoms with Crippen molar-refractivity contribution in [3.05, 3.63) is 0 Å². The van der Waals surface area contributed by atoms with Gasteiger partial charge in [-0.1, -0.05) is 20.8 Å². The Morgan fingerprint density at radius 3 is 1.50 bits per heavy atom. The fourth-order valence-electron chi connectivity index (χ4n) is 1.22. The van der Waals surface area contributed by atoms with Crippen molar-refractivity contribution in [1.82, 2.24) is 0 Å². The molecule has 138 valence electrons. The second kappa shape index (κ2) is 17.2. The maximum atomic E-state index is 9.15. The molecule has 0 rings (SSSR count). The fourth-order valence-corrected chi connectivity index (χ4v) is 1.22. The van der Waals surface area contributed by atoms with Gasteiger partial charge in [0.1, 0.15) is 0 Å². The molecule has 0 aliphatic rings. The third kappa shape index (κ3) is 16.2. The highest BCUT2D eigenvalue weighted by molar-refractivity contribution is 4.78. The Labute approximate surface area is 138 Å². The zero-order valence-corrected chi connectivity index (χ0v) is 16.2. The summed E-state index contributed by atoms with van der Waals surface area (Å²) in [4.78, 5) is 0. The van der Waals surface area contributed by atoms with Crippen LogP contribution in [-0.2, 0) is 14.2 Å². The van der Waals surface area contributed by atoms with Crippen molar-refractivity contribution in [2.75, 3.05) is 34.5 Å². The van der Waals surface area contributed by atoms with Crippen molar-refractivity contribution < 1.29 is 24.4 Å². The van der Waals surface area contributed by atoms with E-state index in [1.54, 1.807) is 35.2 Å². The lowest BCUT2D eigenvalue weighted by molar-refractivity contribution is -0.0841. The Morgan fingerprint density at radius 2 is 1.45 bits per heavy atom. The molecule has 0 spiro atoms. The Balaban J connectivity index is -0.000000257. The molecule has 5 nitrogen and oxygen atoms in total. The lowest BCUT2D eigenvalue weighted by Gasteiger charge is -2.29. The van der Waals surface area contributed by atoms with E-state index >= 15 is 0 Å². The number of rotatable bonds is 8. The summed E-state index contributed by atoms with van der Waals surface area (Å²) in [6.45, 7) is 13.0. The van der Waals surface area contributed by atoms with Crippen LogP contribution in [0.15, 0.2) is 0 Å². The highest BCUT2D eigenvalue weighted by Gasteiger charge is 2.26. The van der Waals surface area contributed by atoms with Gasteiger partial charge in [-0.2, -0.15) is 0 Å². The third-order valence-corrected chi connectivity index (χ3v) is 3.71. The predicted molar refractivity (Wildman–Crippen MR) is 92.3 cm³/mol. The lowest BCUT2D eigenvalue weighted by atomic mass is 9.97. The van der Waals surface area contributed by atoms with Gasteiger partial charge in [0.2, 0.25) is 0 Å². The first-order valence-electron chi connectivity index (χ1n) is 8.05. The van der Waals surface area contributed by atoms with E-state index < -0.39 is 6.10 Å². The first-order chi connectivity index (χ1) is 10.2. The van der Waals surface area contributed by atoms with Gasteiger partial charge in [-0.25, -0.2) is 0 Å². The molecular weight excluding hydrogens is 284 g/mol. The average Bonchev–Trinajstić information content (AvgIpc) is 2.48. The van der Waals surface area contributed by atoms with Crippen LogP contribution in [0.25, 0.3) is 0 Å². The predicted octanol–water partition coefficient (Wildman–Crippen LogP) is 2.87.